The minimum absolute atomic E-state index is 0. The SMILES string of the molecule is O=P(O)(O)O.[AlH3].[Cr].[Zn]. The molecule has 0 spiro atoms. The largest absolute Gasteiger partial charge is 0.466 e. The van der Waals surface area contributed by atoms with Crippen LogP contribution in [-0.2, 0) is 41.4 Å². The Bertz CT molecular complexity index is 62.2. The molecule has 0 heterocycles. The van der Waals surface area contributed by atoms with Crippen molar-refractivity contribution in [3.63, 3.8) is 0 Å². The summed E-state index contributed by atoms with van der Waals surface area (Å²) in [5, 5.41) is 0. The quantitative estimate of drug-likeness (QED) is 0.337. The van der Waals surface area contributed by atoms with Crippen LogP contribution in [0.15, 0.2) is 0 Å². The van der Waals surface area contributed by atoms with Crippen LogP contribution < -0.4 is 0 Å². The molecule has 0 fully saturated rings. The summed E-state index contributed by atoms with van der Waals surface area (Å²) >= 11 is 0. The fourth-order valence-electron chi connectivity index (χ4n) is 0. The van der Waals surface area contributed by atoms with Crippen molar-refractivity contribution in [1.29, 1.82) is 0 Å². The minimum atomic E-state index is -4.64. The maximum atomic E-state index is 8.88. The van der Waals surface area contributed by atoms with Crippen molar-refractivity contribution in [1.82, 2.24) is 0 Å². The van der Waals surface area contributed by atoms with Gasteiger partial charge in [-0.1, -0.05) is 0 Å². The third kappa shape index (κ3) is 111. The molecule has 0 amide bonds. The molecule has 46 valence electrons. The molecule has 0 rings (SSSR count). The normalized spacial score (nSPS) is 7.38. The first kappa shape index (κ1) is 22.6. The maximum absolute atomic E-state index is 8.88. The third-order valence-corrected chi connectivity index (χ3v) is 0. The smallest absolute Gasteiger partial charge is 0.303 e. The summed E-state index contributed by atoms with van der Waals surface area (Å²) in [6, 6.07) is 0. The Morgan fingerprint density at radius 3 is 1.12 bits per heavy atom. The van der Waals surface area contributed by atoms with Crippen LogP contribution in [0.25, 0.3) is 0 Å². The van der Waals surface area contributed by atoms with Gasteiger partial charge in [-0.25, -0.2) is 4.57 Å². The zero-order valence-electron chi connectivity index (χ0n) is 3.31. The second kappa shape index (κ2) is 8.80. The van der Waals surface area contributed by atoms with Gasteiger partial charge in [0, 0.05) is 36.8 Å². The molecule has 0 aliphatic carbocycles. The van der Waals surface area contributed by atoms with Crippen LogP contribution in [-0.4, -0.2) is 32.0 Å². The Hall–Kier alpha value is 1.80. The van der Waals surface area contributed by atoms with Gasteiger partial charge in [-0.2, -0.15) is 0 Å². The van der Waals surface area contributed by atoms with Gasteiger partial charge in [0.2, 0.25) is 0 Å². The molecule has 0 aromatic carbocycles. The Morgan fingerprint density at radius 2 is 1.12 bits per heavy atom. The molecular weight excluding hydrogens is 239 g/mol. The second-order valence-corrected chi connectivity index (χ2v) is 1.54. The Morgan fingerprint density at radius 1 is 1.12 bits per heavy atom. The van der Waals surface area contributed by atoms with E-state index >= 15 is 0 Å². The van der Waals surface area contributed by atoms with Crippen molar-refractivity contribution < 1.29 is 56.1 Å². The van der Waals surface area contributed by atoms with Crippen LogP contribution in [0.2, 0.25) is 0 Å². The van der Waals surface area contributed by atoms with Crippen LogP contribution in [0, 0.1) is 0 Å². The Kier molecular flexibility index (Phi) is 24.8. The van der Waals surface area contributed by atoms with E-state index in [1.165, 1.54) is 0 Å². The van der Waals surface area contributed by atoms with Gasteiger partial charge in [-0.05, 0) is 0 Å². The molecule has 0 aliphatic heterocycles. The predicted molar refractivity (Wildman–Crippen MR) is 24.2 cm³/mol. The predicted octanol–water partition coefficient (Wildman–Crippen LogP) is -2.12. The van der Waals surface area contributed by atoms with Crippen molar-refractivity contribution in [3.8, 4) is 0 Å². The zero-order valence-corrected chi connectivity index (χ0v) is 8.45. The first-order chi connectivity index (χ1) is 2.00. The average molecular weight is 245 g/mol. The number of phosphoric acid groups is 1. The van der Waals surface area contributed by atoms with Gasteiger partial charge in [0.05, 0.1) is 0 Å². The van der Waals surface area contributed by atoms with E-state index in [0.717, 1.165) is 0 Å². The van der Waals surface area contributed by atoms with Crippen LogP contribution in [0.4, 0.5) is 0 Å². The molecule has 0 atom stereocenters. The maximum Gasteiger partial charge on any atom is 0.466 e. The van der Waals surface area contributed by atoms with Gasteiger partial charge in [0.15, 0.2) is 17.4 Å². The molecule has 0 saturated heterocycles. The van der Waals surface area contributed by atoms with Crippen molar-refractivity contribution in [2.75, 3.05) is 0 Å². The Labute approximate surface area is 80.9 Å². The third-order valence-electron chi connectivity index (χ3n) is 0. The van der Waals surface area contributed by atoms with E-state index in [-0.39, 0.29) is 54.2 Å². The molecule has 4 nitrogen and oxygen atoms in total. The van der Waals surface area contributed by atoms with E-state index in [0.29, 0.717) is 0 Å². The van der Waals surface area contributed by atoms with E-state index in [9.17, 15) is 0 Å². The molecule has 0 aromatic heterocycles. The molecule has 3 N–H and O–H groups in total. The molecule has 0 unspecified atom stereocenters. The van der Waals surface area contributed by atoms with E-state index in [4.69, 9.17) is 19.2 Å². The van der Waals surface area contributed by atoms with Crippen LogP contribution in [0.5, 0.6) is 0 Å². The van der Waals surface area contributed by atoms with Gasteiger partial charge >= 0.3 is 7.82 Å². The van der Waals surface area contributed by atoms with Crippen molar-refractivity contribution in [2.24, 2.45) is 0 Å². The van der Waals surface area contributed by atoms with Crippen molar-refractivity contribution >= 4 is 25.2 Å². The molecular formula is H6AlCrO4PZn. The summed E-state index contributed by atoms with van der Waals surface area (Å²) in [4.78, 5) is 21.6. The fraction of sp³-hybridized carbons (Fsp3) is 0. The summed E-state index contributed by atoms with van der Waals surface area (Å²) < 4.78 is 8.88. The number of hydrogen-bond donors (Lipinski definition) is 3. The zero-order chi connectivity index (χ0) is 4.50. The summed E-state index contributed by atoms with van der Waals surface area (Å²) in [6.45, 7) is 0. The summed E-state index contributed by atoms with van der Waals surface area (Å²) in [5.74, 6) is 0. The molecule has 8 heteroatoms. The molecule has 0 saturated carbocycles. The van der Waals surface area contributed by atoms with Gasteiger partial charge in [-0.15, -0.1) is 0 Å². The van der Waals surface area contributed by atoms with Gasteiger partial charge in [0.1, 0.15) is 0 Å². The second-order valence-electron chi connectivity index (χ2n) is 0.513. The minimum Gasteiger partial charge on any atom is -0.303 e. The molecule has 8 heavy (non-hydrogen) atoms. The van der Waals surface area contributed by atoms with E-state index < -0.39 is 7.82 Å². The molecule has 0 aromatic rings. The van der Waals surface area contributed by atoms with Crippen LogP contribution in [0.1, 0.15) is 0 Å². The summed E-state index contributed by atoms with van der Waals surface area (Å²) in [6.07, 6.45) is 0. The molecule has 0 radical (unpaired) electrons. The first-order valence-electron chi connectivity index (χ1n) is 0.783. The molecule has 0 bridgehead atoms. The standard InChI is InChI=1S/Al.Cr.H3O4P.Zn.3H/c;;1-5(2,3)4;;;;/h;;(H3,1,2,3,4);;;;. The summed E-state index contributed by atoms with van der Waals surface area (Å²) in [5.41, 5.74) is 0. The average Bonchev–Trinajstić information content (AvgIpc) is 0.722. The molecule has 0 aliphatic rings. The van der Waals surface area contributed by atoms with E-state index in [2.05, 4.69) is 0 Å². The van der Waals surface area contributed by atoms with Crippen molar-refractivity contribution in [3.05, 3.63) is 0 Å². The van der Waals surface area contributed by atoms with E-state index in [1.54, 1.807) is 0 Å². The van der Waals surface area contributed by atoms with Gasteiger partial charge < -0.3 is 14.7 Å². The number of rotatable bonds is 0. The van der Waals surface area contributed by atoms with Gasteiger partial charge in [-0.3, -0.25) is 0 Å². The van der Waals surface area contributed by atoms with E-state index in [1.807, 2.05) is 0 Å². The number of hydrogen-bond acceptors (Lipinski definition) is 1. The van der Waals surface area contributed by atoms with Crippen LogP contribution in [0.3, 0.4) is 0 Å². The monoisotopic (exact) mass is 244 g/mol. The van der Waals surface area contributed by atoms with Gasteiger partial charge in [0.25, 0.3) is 0 Å². The van der Waals surface area contributed by atoms with Crippen molar-refractivity contribution in [2.45, 2.75) is 0 Å². The Balaban J connectivity index is -0.0000000267. The topological polar surface area (TPSA) is 77.8 Å². The fourth-order valence-corrected chi connectivity index (χ4v) is 0. The first-order valence-corrected chi connectivity index (χ1v) is 2.35. The van der Waals surface area contributed by atoms with Crippen LogP contribution >= 0.6 is 7.82 Å². The summed E-state index contributed by atoms with van der Waals surface area (Å²) in [7, 11) is -4.64.